The first-order valence-corrected chi connectivity index (χ1v) is 8.87. The molecule has 1 saturated heterocycles. The molecule has 25 heavy (non-hydrogen) atoms. The fourth-order valence-electron chi connectivity index (χ4n) is 3.31. The molecule has 132 valence electrons. The Hall–Kier alpha value is -2.17. The SMILES string of the molecule is Cc1cc(C)cc(C(=O)NCCN2CCOC(c3ccccc3)C2)c1. The molecule has 0 aliphatic carbocycles. The minimum absolute atomic E-state index is 0.000307. The predicted molar refractivity (Wildman–Crippen MR) is 99.8 cm³/mol. The number of nitrogens with zero attached hydrogens (tertiary/aromatic N) is 1. The number of benzene rings is 2. The van der Waals surface area contributed by atoms with Gasteiger partial charge in [0, 0.05) is 31.7 Å². The third kappa shape index (κ3) is 4.91. The molecule has 1 N–H and O–H groups in total. The highest BCUT2D eigenvalue weighted by atomic mass is 16.5. The Balaban J connectivity index is 1.49. The molecule has 0 spiro atoms. The van der Waals surface area contributed by atoms with Crippen LogP contribution in [0.5, 0.6) is 0 Å². The first-order valence-electron chi connectivity index (χ1n) is 8.87. The molecule has 1 fully saturated rings. The number of nitrogens with one attached hydrogen (secondary N) is 1. The van der Waals surface area contributed by atoms with Crippen LogP contribution in [-0.4, -0.2) is 43.6 Å². The van der Waals surface area contributed by atoms with Crippen LogP contribution in [0.4, 0.5) is 0 Å². The Morgan fingerprint density at radius 2 is 1.88 bits per heavy atom. The van der Waals surface area contributed by atoms with Crippen molar-refractivity contribution in [3.63, 3.8) is 0 Å². The third-order valence-corrected chi connectivity index (χ3v) is 4.52. The average molecular weight is 338 g/mol. The highest BCUT2D eigenvalue weighted by molar-refractivity contribution is 5.94. The largest absolute Gasteiger partial charge is 0.371 e. The van der Waals surface area contributed by atoms with Crippen LogP contribution in [0.2, 0.25) is 0 Å². The number of ether oxygens (including phenoxy) is 1. The van der Waals surface area contributed by atoms with E-state index in [1.54, 1.807) is 0 Å². The van der Waals surface area contributed by atoms with Gasteiger partial charge in [0.25, 0.3) is 5.91 Å². The fourth-order valence-corrected chi connectivity index (χ4v) is 3.31. The number of carbonyl (C=O) groups excluding carboxylic acids is 1. The van der Waals surface area contributed by atoms with Gasteiger partial charge in [-0.2, -0.15) is 0 Å². The van der Waals surface area contributed by atoms with Crippen LogP contribution < -0.4 is 5.32 Å². The van der Waals surface area contributed by atoms with E-state index in [4.69, 9.17) is 4.74 Å². The normalized spacial score (nSPS) is 18.1. The van der Waals surface area contributed by atoms with E-state index in [-0.39, 0.29) is 12.0 Å². The number of hydrogen-bond acceptors (Lipinski definition) is 3. The van der Waals surface area contributed by atoms with E-state index < -0.39 is 0 Å². The Morgan fingerprint density at radius 3 is 2.60 bits per heavy atom. The summed E-state index contributed by atoms with van der Waals surface area (Å²) in [6.07, 6.45) is 0.116. The number of aryl methyl sites for hydroxylation is 2. The van der Waals surface area contributed by atoms with Crippen LogP contribution in [0, 0.1) is 13.8 Å². The minimum atomic E-state index is -0.000307. The predicted octanol–water partition coefficient (Wildman–Crippen LogP) is 3.11. The molecule has 0 saturated carbocycles. The lowest BCUT2D eigenvalue weighted by Gasteiger charge is -2.33. The van der Waals surface area contributed by atoms with Crippen molar-refractivity contribution in [3.05, 3.63) is 70.8 Å². The molecule has 0 aromatic heterocycles. The maximum Gasteiger partial charge on any atom is 0.251 e. The standard InChI is InChI=1S/C21H26N2O2/c1-16-12-17(2)14-19(13-16)21(24)22-8-9-23-10-11-25-20(15-23)18-6-4-3-5-7-18/h3-7,12-14,20H,8-11,15H2,1-2H3,(H,22,24). The van der Waals surface area contributed by atoms with E-state index in [2.05, 4.69) is 28.4 Å². The number of morpholine rings is 1. The second-order valence-electron chi connectivity index (χ2n) is 6.70. The van der Waals surface area contributed by atoms with Crippen molar-refractivity contribution in [3.8, 4) is 0 Å². The maximum absolute atomic E-state index is 12.3. The van der Waals surface area contributed by atoms with Gasteiger partial charge in [-0.05, 0) is 31.5 Å². The summed E-state index contributed by atoms with van der Waals surface area (Å²) in [5.74, 6) is -0.000307. The molecule has 1 heterocycles. The van der Waals surface area contributed by atoms with Gasteiger partial charge in [0.2, 0.25) is 0 Å². The zero-order chi connectivity index (χ0) is 17.6. The number of rotatable bonds is 5. The van der Waals surface area contributed by atoms with E-state index in [0.29, 0.717) is 6.54 Å². The summed E-state index contributed by atoms with van der Waals surface area (Å²) >= 11 is 0. The highest BCUT2D eigenvalue weighted by Crippen LogP contribution is 2.21. The smallest absolute Gasteiger partial charge is 0.251 e. The van der Waals surface area contributed by atoms with Gasteiger partial charge in [0.05, 0.1) is 12.7 Å². The van der Waals surface area contributed by atoms with Crippen molar-refractivity contribution < 1.29 is 9.53 Å². The van der Waals surface area contributed by atoms with E-state index >= 15 is 0 Å². The van der Waals surface area contributed by atoms with Gasteiger partial charge >= 0.3 is 0 Å². The van der Waals surface area contributed by atoms with Gasteiger partial charge in [-0.3, -0.25) is 9.69 Å². The first-order chi connectivity index (χ1) is 12.1. The monoisotopic (exact) mass is 338 g/mol. The molecular formula is C21H26N2O2. The summed E-state index contributed by atoms with van der Waals surface area (Å²) in [7, 11) is 0. The first kappa shape index (κ1) is 17.6. The maximum atomic E-state index is 12.3. The Kier molecular flexibility index (Phi) is 5.84. The van der Waals surface area contributed by atoms with E-state index in [9.17, 15) is 4.79 Å². The molecule has 1 atom stereocenters. The van der Waals surface area contributed by atoms with E-state index in [1.165, 1.54) is 5.56 Å². The van der Waals surface area contributed by atoms with Crippen LogP contribution in [0.25, 0.3) is 0 Å². The summed E-state index contributed by atoms with van der Waals surface area (Å²) in [5, 5.41) is 3.03. The van der Waals surface area contributed by atoms with Gasteiger partial charge in [0.1, 0.15) is 0 Å². The molecule has 2 aromatic rings. The molecule has 0 radical (unpaired) electrons. The summed E-state index contributed by atoms with van der Waals surface area (Å²) in [5.41, 5.74) is 4.18. The van der Waals surface area contributed by atoms with Crippen molar-refractivity contribution >= 4 is 5.91 Å². The van der Waals surface area contributed by atoms with Crippen LogP contribution in [0.1, 0.15) is 33.2 Å². The zero-order valence-electron chi connectivity index (χ0n) is 15.0. The molecular weight excluding hydrogens is 312 g/mol. The average Bonchev–Trinajstić information content (AvgIpc) is 2.62. The highest BCUT2D eigenvalue weighted by Gasteiger charge is 2.21. The molecule has 3 rings (SSSR count). The lowest BCUT2D eigenvalue weighted by molar-refractivity contribution is -0.0293. The second kappa shape index (κ2) is 8.28. The summed E-state index contributed by atoms with van der Waals surface area (Å²) in [6.45, 7) is 8.01. The quantitative estimate of drug-likeness (QED) is 0.911. The molecule has 1 aliphatic heterocycles. The van der Waals surface area contributed by atoms with Crippen LogP contribution in [-0.2, 0) is 4.74 Å². The van der Waals surface area contributed by atoms with Crippen molar-refractivity contribution in [2.45, 2.75) is 20.0 Å². The molecule has 0 bridgehead atoms. The number of carbonyl (C=O) groups is 1. The lowest BCUT2D eigenvalue weighted by Crippen LogP contribution is -2.42. The van der Waals surface area contributed by atoms with Crippen molar-refractivity contribution in [1.29, 1.82) is 0 Å². The van der Waals surface area contributed by atoms with E-state index in [0.717, 1.165) is 42.9 Å². The van der Waals surface area contributed by atoms with Gasteiger partial charge in [-0.25, -0.2) is 0 Å². The molecule has 1 aliphatic rings. The van der Waals surface area contributed by atoms with Gasteiger partial charge < -0.3 is 10.1 Å². The lowest BCUT2D eigenvalue weighted by atomic mass is 10.1. The Labute approximate surface area is 149 Å². The number of hydrogen-bond donors (Lipinski definition) is 1. The number of amides is 1. The molecule has 1 amide bonds. The zero-order valence-corrected chi connectivity index (χ0v) is 15.0. The fraction of sp³-hybridized carbons (Fsp3) is 0.381. The molecule has 2 aromatic carbocycles. The summed E-state index contributed by atoms with van der Waals surface area (Å²) < 4.78 is 5.89. The van der Waals surface area contributed by atoms with Crippen LogP contribution >= 0.6 is 0 Å². The van der Waals surface area contributed by atoms with Crippen LogP contribution in [0.3, 0.4) is 0 Å². The van der Waals surface area contributed by atoms with Gasteiger partial charge in [0.15, 0.2) is 0 Å². The van der Waals surface area contributed by atoms with Gasteiger partial charge in [-0.15, -0.1) is 0 Å². The van der Waals surface area contributed by atoms with Crippen molar-refractivity contribution in [2.75, 3.05) is 32.8 Å². The van der Waals surface area contributed by atoms with Crippen molar-refractivity contribution in [1.82, 2.24) is 10.2 Å². The van der Waals surface area contributed by atoms with E-state index in [1.807, 2.05) is 44.2 Å². The second-order valence-corrected chi connectivity index (χ2v) is 6.70. The Bertz CT molecular complexity index is 695. The molecule has 4 heteroatoms. The topological polar surface area (TPSA) is 41.6 Å². The summed E-state index contributed by atoms with van der Waals surface area (Å²) in [4.78, 5) is 14.7. The van der Waals surface area contributed by atoms with Crippen molar-refractivity contribution in [2.24, 2.45) is 0 Å². The summed E-state index contributed by atoms with van der Waals surface area (Å²) in [6, 6.07) is 16.3. The third-order valence-electron chi connectivity index (χ3n) is 4.52. The van der Waals surface area contributed by atoms with Gasteiger partial charge in [-0.1, -0.05) is 47.5 Å². The Morgan fingerprint density at radius 1 is 1.16 bits per heavy atom. The molecule has 4 nitrogen and oxygen atoms in total. The molecule has 1 unspecified atom stereocenters. The van der Waals surface area contributed by atoms with Crippen LogP contribution in [0.15, 0.2) is 48.5 Å². The minimum Gasteiger partial charge on any atom is -0.371 e.